The Labute approximate surface area is 121 Å². The van der Waals surface area contributed by atoms with Crippen LogP contribution in [0.3, 0.4) is 0 Å². The summed E-state index contributed by atoms with van der Waals surface area (Å²) in [7, 11) is 0. The van der Waals surface area contributed by atoms with E-state index in [2.05, 4.69) is 29.6 Å². The first-order valence-corrected chi connectivity index (χ1v) is 6.77. The van der Waals surface area contributed by atoms with Crippen LogP contribution in [0, 0.1) is 0 Å². The molecule has 0 aromatic heterocycles. The first-order valence-electron chi connectivity index (χ1n) is 6.77. The summed E-state index contributed by atoms with van der Waals surface area (Å²) >= 11 is 0. The van der Waals surface area contributed by atoms with Crippen LogP contribution in [0.1, 0.15) is 43.2 Å². The van der Waals surface area contributed by atoms with Crippen molar-refractivity contribution in [3.05, 3.63) is 35.4 Å². The normalized spacial score (nSPS) is 18.3. The molecule has 0 fully saturated rings. The van der Waals surface area contributed by atoms with E-state index in [0.29, 0.717) is 12.3 Å². The van der Waals surface area contributed by atoms with Crippen LogP contribution in [0.25, 0.3) is 0 Å². The molecule has 2 rings (SSSR count). The zero-order chi connectivity index (χ0) is 13.0. The summed E-state index contributed by atoms with van der Waals surface area (Å²) in [5.74, 6) is 0.608. The molecule has 0 spiro atoms. The Morgan fingerprint density at radius 1 is 1.47 bits per heavy atom. The van der Waals surface area contributed by atoms with E-state index < -0.39 is 0 Å². The zero-order valence-electron chi connectivity index (χ0n) is 11.4. The van der Waals surface area contributed by atoms with Crippen molar-refractivity contribution >= 4 is 18.3 Å². The van der Waals surface area contributed by atoms with Crippen LogP contribution in [0.2, 0.25) is 0 Å². The number of nitrogens with two attached hydrogens (primary N) is 1. The number of carbonyl (C=O) groups excluding carboxylic acids is 1. The average Bonchev–Trinajstić information content (AvgIpc) is 2.77. The van der Waals surface area contributed by atoms with Crippen LogP contribution in [-0.2, 0) is 11.2 Å². The second-order valence-corrected chi connectivity index (χ2v) is 5.25. The van der Waals surface area contributed by atoms with Gasteiger partial charge in [-0.25, -0.2) is 0 Å². The van der Waals surface area contributed by atoms with Gasteiger partial charge in [-0.3, -0.25) is 4.79 Å². The van der Waals surface area contributed by atoms with Gasteiger partial charge in [0.1, 0.15) is 0 Å². The summed E-state index contributed by atoms with van der Waals surface area (Å²) in [6, 6.07) is 8.63. The molecule has 106 valence electrons. The molecular weight excluding hydrogens is 260 g/mol. The van der Waals surface area contributed by atoms with E-state index in [0.717, 1.165) is 25.8 Å². The average molecular weight is 283 g/mol. The minimum absolute atomic E-state index is 0. The Morgan fingerprint density at radius 3 is 2.95 bits per heavy atom. The number of carbonyl (C=O) groups is 1. The van der Waals surface area contributed by atoms with Crippen molar-refractivity contribution in [1.82, 2.24) is 5.32 Å². The van der Waals surface area contributed by atoms with Gasteiger partial charge in [0.05, 0.1) is 0 Å². The third-order valence-corrected chi connectivity index (χ3v) is 3.63. The van der Waals surface area contributed by atoms with Gasteiger partial charge in [-0.1, -0.05) is 24.3 Å². The Bertz CT molecular complexity index is 420. The topological polar surface area (TPSA) is 55.1 Å². The molecule has 0 radical (unpaired) electrons. The molecule has 0 saturated carbocycles. The van der Waals surface area contributed by atoms with Crippen molar-refractivity contribution in [3.8, 4) is 0 Å². The van der Waals surface area contributed by atoms with E-state index in [1.807, 2.05) is 6.92 Å². The fourth-order valence-corrected chi connectivity index (χ4v) is 2.54. The van der Waals surface area contributed by atoms with Gasteiger partial charge < -0.3 is 11.1 Å². The highest BCUT2D eigenvalue weighted by molar-refractivity contribution is 5.85. The van der Waals surface area contributed by atoms with E-state index in [-0.39, 0.29) is 24.4 Å². The molecule has 0 bridgehead atoms. The van der Waals surface area contributed by atoms with Crippen LogP contribution in [0.5, 0.6) is 0 Å². The van der Waals surface area contributed by atoms with Crippen molar-refractivity contribution in [2.24, 2.45) is 5.73 Å². The maximum Gasteiger partial charge on any atom is 0.220 e. The molecule has 3 nitrogen and oxygen atoms in total. The lowest BCUT2D eigenvalue weighted by molar-refractivity contribution is -0.121. The van der Waals surface area contributed by atoms with Gasteiger partial charge in [-0.2, -0.15) is 0 Å². The lowest BCUT2D eigenvalue weighted by Crippen LogP contribution is -2.29. The summed E-state index contributed by atoms with van der Waals surface area (Å²) in [4.78, 5) is 11.6. The van der Waals surface area contributed by atoms with E-state index in [1.54, 1.807) is 0 Å². The molecule has 1 amide bonds. The monoisotopic (exact) mass is 282 g/mol. The van der Waals surface area contributed by atoms with Crippen LogP contribution >= 0.6 is 12.4 Å². The first kappa shape index (κ1) is 16.0. The second-order valence-electron chi connectivity index (χ2n) is 5.25. The third kappa shape index (κ3) is 4.51. The van der Waals surface area contributed by atoms with E-state index >= 15 is 0 Å². The highest BCUT2D eigenvalue weighted by Crippen LogP contribution is 2.32. The maximum absolute atomic E-state index is 11.6. The van der Waals surface area contributed by atoms with Gasteiger partial charge in [0, 0.05) is 24.9 Å². The molecule has 1 aromatic rings. The molecule has 19 heavy (non-hydrogen) atoms. The lowest BCUT2D eigenvalue weighted by atomic mass is 10.0. The maximum atomic E-state index is 11.6. The molecule has 2 atom stereocenters. The number of nitrogens with one attached hydrogen (secondary N) is 1. The van der Waals surface area contributed by atoms with E-state index in [1.165, 1.54) is 11.1 Å². The number of fused-ring (bicyclic) bond motifs is 1. The molecular formula is C15H23ClN2O. The van der Waals surface area contributed by atoms with Gasteiger partial charge in [-0.15, -0.1) is 12.4 Å². The second kappa shape index (κ2) is 7.51. The van der Waals surface area contributed by atoms with Crippen molar-refractivity contribution in [2.75, 3.05) is 6.54 Å². The summed E-state index contributed by atoms with van der Waals surface area (Å²) in [5.41, 5.74) is 8.49. The van der Waals surface area contributed by atoms with Crippen molar-refractivity contribution in [3.63, 3.8) is 0 Å². The first-order chi connectivity index (χ1) is 8.66. The van der Waals surface area contributed by atoms with Gasteiger partial charge >= 0.3 is 0 Å². The number of rotatable bonds is 5. The molecule has 1 aromatic carbocycles. The number of hydrogen-bond donors (Lipinski definition) is 2. The van der Waals surface area contributed by atoms with Crippen molar-refractivity contribution in [2.45, 2.75) is 44.6 Å². The van der Waals surface area contributed by atoms with Crippen LogP contribution in [0.15, 0.2) is 24.3 Å². The molecule has 0 heterocycles. The summed E-state index contributed by atoms with van der Waals surface area (Å²) in [6.07, 6.45) is 3.57. The Hall–Kier alpha value is -1.06. The van der Waals surface area contributed by atoms with Crippen LogP contribution in [-0.4, -0.2) is 18.5 Å². The lowest BCUT2D eigenvalue weighted by Gasteiger charge is -2.13. The summed E-state index contributed by atoms with van der Waals surface area (Å²) in [6.45, 7) is 2.69. The van der Waals surface area contributed by atoms with Gasteiger partial charge in [0.2, 0.25) is 5.91 Å². The van der Waals surface area contributed by atoms with Crippen LogP contribution in [0.4, 0.5) is 0 Å². The molecule has 1 aliphatic rings. The Morgan fingerprint density at radius 2 is 2.21 bits per heavy atom. The van der Waals surface area contributed by atoms with Crippen LogP contribution < -0.4 is 11.1 Å². The molecule has 0 saturated heterocycles. The molecule has 0 aliphatic heterocycles. The highest BCUT2D eigenvalue weighted by Gasteiger charge is 2.21. The van der Waals surface area contributed by atoms with E-state index in [4.69, 9.17) is 5.73 Å². The van der Waals surface area contributed by atoms with Crippen molar-refractivity contribution < 1.29 is 4.79 Å². The smallest absolute Gasteiger partial charge is 0.220 e. The van der Waals surface area contributed by atoms with Crippen molar-refractivity contribution in [1.29, 1.82) is 0 Å². The Balaban J connectivity index is 0.00000180. The fourth-order valence-electron chi connectivity index (χ4n) is 2.54. The van der Waals surface area contributed by atoms with E-state index in [9.17, 15) is 4.79 Å². The quantitative estimate of drug-likeness (QED) is 0.871. The third-order valence-electron chi connectivity index (χ3n) is 3.63. The SMILES string of the molecule is CC(N)CCC(=O)NCC1CCc2ccccc21.Cl. The molecule has 2 unspecified atom stereocenters. The number of benzene rings is 1. The standard InChI is InChI=1S/C15H22N2O.ClH/c1-11(16)6-9-15(18)17-10-13-8-7-12-4-2-3-5-14(12)13;/h2-5,11,13H,6-10,16H2,1H3,(H,17,18);1H. The fraction of sp³-hybridized carbons (Fsp3) is 0.533. The largest absolute Gasteiger partial charge is 0.355 e. The van der Waals surface area contributed by atoms with Gasteiger partial charge in [0.25, 0.3) is 0 Å². The minimum atomic E-state index is 0. The molecule has 3 N–H and O–H groups in total. The predicted molar refractivity (Wildman–Crippen MR) is 80.6 cm³/mol. The Kier molecular flexibility index (Phi) is 6.32. The zero-order valence-corrected chi connectivity index (χ0v) is 12.2. The number of amides is 1. The van der Waals surface area contributed by atoms with Gasteiger partial charge in [0.15, 0.2) is 0 Å². The minimum Gasteiger partial charge on any atom is -0.355 e. The predicted octanol–water partition coefficient (Wildman–Crippen LogP) is 2.38. The summed E-state index contributed by atoms with van der Waals surface area (Å²) in [5, 5.41) is 3.03. The van der Waals surface area contributed by atoms with Gasteiger partial charge in [-0.05, 0) is 37.3 Å². The number of halogens is 1. The number of hydrogen-bond acceptors (Lipinski definition) is 2. The molecule has 1 aliphatic carbocycles. The highest BCUT2D eigenvalue weighted by atomic mass is 35.5. The molecule has 4 heteroatoms. The summed E-state index contributed by atoms with van der Waals surface area (Å²) < 4.78 is 0. The number of aryl methyl sites for hydroxylation is 1.